The number of carboxylic acid groups (broad SMARTS) is 1. The van der Waals surface area contributed by atoms with E-state index in [-0.39, 0.29) is 18.7 Å². The van der Waals surface area contributed by atoms with E-state index in [1.807, 2.05) is 0 Å². The largest absolute Gasteiger partial charge is 0.488 e. The molecule has 10 heteroatoms. The fourth-order valence-electron chi connectivity index (χ4n) is 3.23. The van der Waals surface area contributed by atoms with Gasteiger partial charge in [0.1, 0.15) is 23.7 Å². The van der Waals surface area contributed by atoms with Gasteiger partial charge in [-0.1, -0.05) is 24.3 Å². The molecule has 0 bridgehead atoms. The first-order valence-corrected chi connectivity index (χ1v) is 10.9. The fraction of sp³-hybridized carbons (Fsp3) is 0.208. The molecular formula is C24H21F3N2O4S. The van der Waals surface area contributed by atoms with Crippen LogP contribution in [0.5, 0.6) is 5.75 Å². The lowest BCUT2D eigenvalue weighted by Gasteiger charge is -2.16. The summed E-state index contributed by atoms with van der Waals surface area (Å²) in [4.78, 5) is 27.1. The Kier molecular flexibility index (Phi) is 7.72. The van der Waals surface area contributed by atoms with Gasteiger partial charge >= 0.3 is 12.1 Å². The summed E-state index contributed by atoms with van der Waals surface area (Å²) in [5.41, 5.74) is 7.22. The third-order valence-electron chi connectivity index (χ3n) is 5.05. The van der Waals surface area contributed by atoms with Crippen LogP contribution in [-0.2, 0) is 22.4 Å². The van der Waals surface area contributed by atoms with Gasteiger partial charge in [-0.25, -0.2) is 4.98 Å². The average Bonchev–Trinajstić information content (AvgIpc) is 3.16. The molecule has 0 spiro atoms. The molecule has 34 heavy (non-hydrogen) atoms. The third-order valence-corrected chi connectivity index (χ3v) is 6.23. The highest BCUT2D eigenvalue weighted by molar-refractivity contribution is 7.15. The number of benzene rings is 2. The Hall–Kier alpha value is -3.66. The monoisotopic (exact) mass is 490 g/mol. The van der Waals surface area contributed by atoms with Gasteiger partial charge in [0.25, 0.3) is 0 Å². The molecule has 1 heterocycles. The van der Waals surface area contributed by atoms with Gasteiger partial charge in [0.15, 0.2) is 0 Å². The lowest BCUT2D eigenvalue weighted by Crippen LogP contribution is -2.15. The Bertz CT molecular complexity index is 1190. The van der Waals surface area contributed by atoms with Crippen LogP contribution in [-0.4, -0.2) is 22.3 Å². The number of ether oxygens (including phenoxy) is 1. The number of carbonyl (C=O) groups is 2. The summed E-state index contributed by atoms with van der Waals surface area (Å²) < 4.78 is 44.1. The minimum atomic E-state index is -4.39. The molecule has 3 N–H and O–H groups in total. The molecule has 0 unspecified atom stereocenters. The van der Waals surface area contributed by atoms with Crippen LogP contribution in [0.3, 0.4) is 0 Å². The van der Waals surface area contributed by atoms with E-state index in [0.717, 1.165) is 23.1 Å². The standard InChI is InChI=1S/C24H21F3N2O4S/c1-14-21(34-23(29-14)16-2-6-17(7-3-16)24(25,26)27)13-33-18-8-4-15(5-9-18)19(12-22(31)32)20(28)10-11-30/h2-11,19H,12-13,28H2,1H3,(H,31,32)/t19-/m1/s1. The van der Waals surface area contributed by atoms with Gasteiger partial charge in [-0.2, -0.15) is 13.2 Å². The number of nitrogens with zero attached hydrogens (tertiary/aromatic N) is 1. The van der Waals surface area contributed by atoms with Crippen LogP contribution < -0.4 is 10.5 Å². The van der Waals surface area contributed by atoms with E-state index in [0.29, 0.717) is 33.9 Å². The maximum absolute atomic E-state index is 12.8. The molecule has 0 saturated heterocycles. The second-order valence-electron chi connectivity index (χ2n) is 7.41. The number of aromatic nitrogens is 1. The molecular weight excluding hydrogens is 469 g/mol. The molecule has 6 nitrogen and oxygen atoms in total. The summed E-state index contributed by atoms with van der Waals surface area (Å²) in [6.07, 6.45) is -3.00. The summed E-state index contributed by atoms with van der Waals surface area (Å²) in [6, 6.07) is 11.5. The minimum Gasteiger partial charge on any atom is -0.488 e. The zero-order valence-electron chi connectivity index (χ0n) is 18.0. The number of halogens is 3. The number of aryl methyl sites for hydroxylation is 1. The molecule has 0 amide bonds. The molecule has 3 aromatic rings. The lowest BCUT2D eigenvalue weighted by atomic mass is 9.92. The normalized spacial score (nSPS) is 12.9. The average molecular weight is 491 g/mol. The topological polar surface area (TPSA) is 103 Å². The molecule has 0 aliphatic carbocycles. The zero-order chi connectivity index (χ0) is 24.9. The molecule has 0 saturated carbocycles. The minimum absolute atomic E-state index is 0.155. The number of hydrogen-bond donors (Lipinski definition) is 2. The highest BCUT2D eigenvalue weighted by Gasteiger charge is 2.30. The van der Waals surface area contributed by atoms with Crippen molar-refractivity contribution < 1.29 is 32.6 Å². The Labute approximate surface area is 197 Å². The Morgan fingerprint density at radius 2 is 1.82 bits per heavy atom. The van der Waals surface area contributed by atoms with Crippen molar-refractivity contribution in [3.8, 4) is 16.3 Å². The van der Waals surface area contributed by atoms with Crippen LogP contribution >= 0.6 is 11.3 Å². The molecule has 2 aromatic carbocycles. The number of hydrogen-bond acceptors (Lipinski definition) is 6. The van der Waals surface area contributed by atoms with Crippen LogP contribution in [0.25, 0.3) is 10.6 Å². The van der Waals surface area contributed by atoms with Gasteiger partial charge in [0.05, 0.1) is 22.6 Å². The maximum Gasteiger partial charge on any atom is 0.416 e. The first-order valence-electron chi connectivity index (χ1n) is 10.1. The van der Waals surface area contributed by atoms with Crippen molar-refractivity contribution in [3.05, 3.63) is 82.0 Å². The van der Waals surface area contributed by atoms with Gasteiger partial charge in [-0.3, -0.25) is 9.59 Å². The quantitative estimate of drug-likeness (QED) is 0.311. The SMILES string of the molecule is Cc1nc(-c2ccc(C(F)(F)F)cc2)sc1COc1ccc([C@@H](CC(=O)O)C(N)=CC=O)cc1. The molecule has 178 valence electrons. The van der Waals surface area contributed by atoms with E-state index in [1.54, 1.807) is 31.2 Å². The van der Waals surface area contributed by atoms with Crippen LogP contribution in [0.15, 0.2) is 60.3 Å². The number of aldehydes is 1. The van der Waals surface area contributed by atoms with Crippen molar-refractivity contribution >= 4 is 23.6 Å². The summed E-state index contributed by atoms with van der Waals surface area (Å²) in [6.45, 7) is 2.00. The summed E-state index contributed by atoms with van der Waals surface area (Å²) in [7, 11) is 0. The predicted molar refractivity (Wildman–Crippen MR) is 121 cm³/mol. The molecule has 0 radical (unpaired) electrons. The van der Waals surface area contributed by atoms with Crippen molar-refractivity contribution in [3.63, 3.8) is 0 Å². The molecule has 1 aromatic heterocycles. The number of thiazole rings is 1. The number of carbonyl (C=O) groups excluding carboxylic acids is 1. The van der Waals surface area contributed by atoms with E-state index >= 15 is 0 Å². The summed E-state index contributed by atoms with van der Waals surface area (Å²) >= 11 is 1.33. The Morgan fingerprint density at radius 3 is 2.38 bits per heavy atom. The van der Waals surface area contributed by atoms with Crippen LogP contribution in [0.4, 0.5) is 13.2 Å². The van der Waals surface area contributed by atoms with Gasteiger partial charge in [-0.05, 0) is 42.8 Å². The van der Waals surface area contributed by atoms with E-state index in [9.17, 15) is 22.8 Å². The second-order valence-corrected chi connectivity index (χ2v) is 8.50. The lowest BCUT2D eigenvalue weighted by molar-refractivity contribution is -0.138. The van der Waals surface area contributed by atoms with E-state index in [4.69, 9.17) is 15.6 Å². The first-order chi connectivity index (χ1) is 16.1. The van der Waals surface area contributed by atoms with Crippen LogP contribution in [0.1, 0.15) is 34.0 Å². The van der Waals surface area contributed by atoms with Gasteiger partial charge < -0.3 is 15.6 Å². The predicted octanol–water partition coefficient (Wildman–Crippen LogP) is 5.32. The first kappa shape index (κ1) is 25.0. The van der Waals surface area contributed by atoms with E-state index in [1.165, 1.54) is 23.5 Å². The number of rotatable bonds is 9. The Balaban J connectivity index is 1.70. The summed E-state index contributed by atoms with van der Waals surface area (Å²) in [5.74, 6) is -1.16. The second kappa shape index (κ2) is 10.5. The van der Waals surface area contributed by atoms with Crippen molar-refractivity contribution in [1.29, 1.82) is 0 Å². The number of aliphatic carboxylic acids is 1. The molecule has 0 aliphatic rings. The fourth-order valence-corrected chi connectivity index (χ4v) is 4.21. The highest BCUT2D eigenvalue weighted by Crippen LogP contribution is 2.33. The smallest absolute Gasteiger partial charge is 0.416 e. The van der Waals surface area contributed by atoms with E-state index < -0.39 is 23.6 Å². The molecule has 0 fully saturated rings. The van der Waals surface area contributed by atoms with Gasteiger partial charge in [-0.15, -0.1) is 11.3 Å². The zero-order valence-corrected chi connectivity index (χ0v) is 18.8. The third kappa shape index (κ3) is 6.22. The molecule has 0 aliphatic heterocycles. The summed E-state index contributed by atoms with van der Waals surface area (Å²) in [5, 5.41) is 9.73. The van der Waals surface area contributed by atoms with E-state index in [2.05, 4.69) is 4.98 Å². The van der Waals surface area contributed by atoms with Crippen molar-refractivity contribution in [2.24, 2.45) is 5.73 Å². The maximum atomic E-state index is 12.8. The Morgan fingerprint density at radius 1 is 1.18 bits per heavy atom. The van der Waals surface area contributed by atoms with Gasteiger partial charge in [0.2, 0.25) is 0 Å². The van der Waals surface area contributed by atoms with Crippen molar-refractivity contribution in [2.75, 3.05) is 0 Å². The number of carboxylic acids is 1. The number of nitrogens with two attached hydrogens (primary N) is 1. The van der Waals surface area contributed by atoms with Gasteiger partial charge in [0, 0.05) is 17.2 Å². The molecule has 3 rings (SSSR count). The number of allylic oxidation sites excluding steroid dienone is 2. The van der Waals surface area contributed by atoms with Crippen molar-refractivity contribution in [2.45, 2.75) is 32.0 Å². The van der Waals surface area contributed by atoms with Crippen molar-refractivity contribution in [1.82, 2.24) is 4.98 Å². The van der Waals surface area contributed by atoms with Crippen LogP contribution in [0.2, 0.25) is 0 Å². The van der Waals surface area contributed by atoms with Crippen LogP contribution in [0, 0.1) is 6.92 Å². The molecule has 1 atom stereocenters. The number of alkyl halides is 3. The highest BCUT2D eigenvalue weighted by atomic mass is 32.1.